The van der Waals surface area contributed by atoms with Gasteiger partial charge in [0.1, 0.15) is 5.76 Å². The first-order valence-electron chi connectivity index (χ1n) is 11.4. The molecule has 1 aliphatic heterocycles. The van der Waals surface area contributed by atoms with Crippen LogP contribution in [-0.2, 0) is 12.0 Å². The number of aromatic nitrogens is 1. The molecule has 0 bridgehead atoms. The van der Waals surface area contributed by atoms with Crippen molar-refractivity contribution in [2.24, 2.45) is 4.99 Å². The van der Waals surface area contributed by atoms with E-state index in [2.05, 4.69) is 81.5 Å². The van der Waals surface area contributed by atoms with E-state index in [0.717, 1.165) is 57.4 Å². The van der Waals surface area contributed by atoms with E-state index in [1.807, 2.05) is 6.20 Å². The molecular weight excluding hydrogens is 515 g/mol. The second kappa shape index (κ2) is 13.0. The summed E-state index contributed by atoms with van der Waals surface area (Å²) >= 11 is 0. The molecule has 2 heterocycles. The number of guanidine groups is 1. The van der Waals surface area contributed by atoms with Gasteiger partial charge in [0.25, 0.3) is 0 Å². The summed E-state index contributed by atoms with van der Waals surface area (Å²) in [5, 5.41) is 6.66. The minimum atomic E-state index is -0.0284. The van der Waals surface area contributed by atoms with Crippen molar-refractivity contribution in [2.75, 3.05) is 51.2 Å². The fraction of sp³-hybridized carbons (Fsp3) is 0.583. The minimum Gasteiger partial charge on any atom is -0.443 e. The molecule has 1 aromatic heterocycles. The molecule has 32 heavy (non-hydrogen) atoms. The molecule has 1 aromatic carbocycles. The van der Waals surface area contributed by atoms with E-state index in [0.29, 0.717) is 12.4 Å². The number of unbranched alkanes of at least 4 members (excludes halogenated alkanes) is 1. The highest BCUT2D eigenvalue weighted by atomic mass is 127. The number of hydrogen-bond acceptors (Lipinski definition) is 5. The van der Waals surface area contributed by atoms with Crippen molar-refractivity contribution < 1.29 is 4.42 Å². The van der Waals surface area contributed by atoms with E-state index in [9.17, 15) is 0 Å². The molecule has 1 saturated heterocycles. The van der Waals surface area contributed by atoms with Crippen molar-refractivity contribution in [1.82, 2.24) is 20.5 Å². The van der Waals surface area contributed by atoms with E-state index in [4.69, 9.17) is 4.42 Å². The second-order valence-electron chi connectivity index (χ2n) is 9.09. The van der Waals surface area contributed by atoms with Crippen LogP contribution in [0, 0.1) is 0 Å². The number of aliphatic imine (C=N–C) groups is 1. The minimum absolute atomic E-state index is 0. The Hall–Kier alpha value is -1.81. The molecule has 0 aliphatic carbocycles. The average Bonchev–Trinajstić information content (AvgIpc) is 3.26. The van der Waals surface area contributed by atoms with Crippen molar-refractivity contribution in [2.45, 2.75) is 45.6 Å². The van der Waals surface area contributed by atoms with Gasteiger partial charge in [-0.3, -0.25) is 9.89 Å². The van der Waals surface area contributed by atoms with Crippen LogP contribution in [0.3, 0.4) is 0 Å². The van der Waals surface area contributed by atoms with Gasteiger partial charge in [0.2, 0.25) is 5.89 Å². The number of benzene rings is 1. The Kier molecular flexibility index (Phi) is 10.8. The Labute approximate surface area is 210 Å². The van der Waals surface area contributed by atoms with Gasteiger partial charge in [0.05, 0.1) is 12.7 Å². The van der Waals surface area contributed by atoms with Crippen LogP contribution in [-0.4, -0.2) is 62.2 Å². The van der Waals surface area contributed by atoms with E-state index in [1.54, 1.807) is 7.05 Å². The largest absolute Gasteiger partial charge is 0.443 e. The van der Waals surface area contributed by atoms with Crippen LogP contribution in [0.1, 0.15) is 45.3 Å². The third-order valence-electron chi connectivity index (χ3n) is 5.61. The number of hydrogen-bond donors (Lipinski definition) is 2. The summed E-state index contributed by atoms with van der Waals surface area (Å²) in [7, 11) is 1.79. The fourth-order valence-corrected chi connectivity index (χ4v) is 3.65. The van der Waals surface area contributed by atoms with Gasteiger partial charge in [-0.15, -0.1) is 24.0 Å². The van der Waals surface area contributed by atoms with Crippen LogP contribution in [0.15, 0.2) is 45.9 Å². The molecule has 0 amide bonds. The summed E-state index contributed by atoms with van der Waals surface area (Å²) in [4.78, 5) is 13.7. The Morgan fingerprint density at radius 3 is 2.41 bits per heavy atom. The maximum Gasteiger partial charge on any atom is 0.213 e. The monoisotopic (exact) mass is 554 g/mol. The average molecular weight is 555 g/mol. The van der Waals surface area contributed by atoms with E-state index in [-0.39, 0.29) is 29.4 Å². The Morgan fingerprint density at radius 2 is 1.78 bits per heavy atom. The lowest BCUT2D eigenvalue weighted by atomic mass is 9.94. The number of anilines is 1. The first-order chi connectivity index (χ1) is 15.0. The first-order valence-corrected chi connectivity index (χ1v) is 11.4. The SMILES string of the molecule is CN=C(NCCCCN1CCN(c2ccccc2)CC1)NCc1ncc(C(C)(C)C)o1.I. The van der Waals surface area contributed by atoms with Gasteiger partial charge in [0.15, 0.2) is 5.96 Å². The van der Waals surface area contributed by atoms with Crippen molar-refractivity contribution in [1.29, 1.82) is 0 Å². The number of nitrogens with zero attached hydrogens (tertiary/aromatic N) is 4. The number of nitrogens with one attached hydrogen (secondary N) is 2. The zero-order valence-corrected chi connectivity index (χ0v) is 22.3. The fourth-order valence-electron chi connectivity index (χ4n) is 3.65. The van der Waals surface area contributed by atoms with Gasteiger partial charge in [0, 0.05) is 50.9 Å². The maximum atomic E-state index is 5.82. The standard InChI is InChI=1S/C24H38N6O.HI/c1-24(2,3)21-18-27-22(31-21)19-28-23(25-4)26-12-8-9-13-29-14-16-30(17-15-29)20-10-6-5-7-11-20;/h5-7,10-11,18H,8-9,12-17,19H2,1-4H3,(H2,25,26,28);1H. The predicted octanol–water partition coefficient (Wildman–Crippen LogP) is 3.86. The van der Waals surface area contributed by atoms with E-state index < -0.39 is 0 Å². The summed E-state index contributed by atoms with van der Waals surface area (Å²) in [5.74, 6) is 2.37. The number of piperazine rings is 1. The van der Waals surface area contributed by atoms with Crippen LogP contribution in [0.2, 0.25) is 0 Å². The maximum absolute atomic E-state index is 5.82. The van der Waals surface area contributed by atoms with Crippen molar-refractivity contribution in [3.05, 3.63) is 48.2 Å². The number of rotatable bonds is 8. The van der Waals surface area contributed by atoms with Crippen molar-refractivity contribution >= 4 is 35.6 Å². The summed E-state index contributed by atoms with van der Waals surface area (Å²) in [6.07, 6.45) is 4.11. The molecule has 0 spiro atoms. The third kappa shape index (κ3) is 8.27. The molecule has 2 aromatic rings. The van der Waals surface area contributed by atoms with Crippen LogP contribution in [0.5, 0.6) is 0 Å². The lowest BCUT2D eigenvalue weighted by Crippen LogP contribution is -2.46. The number of para-hydroxylation sites is 1. The highest BCUT2D eigenvalue weighted by Gasteiger charge is 2.19. The van der Waals surface area contributed by atoms with E-state index >= 15 is 0 Å². The highest BCUT2D eigenvalue weighted by Crippen LogP contribution is 2.22. The van der Waals surface area contributed by atoms with Gasteiger partial charge in [-0.2, -0.15) is 0 Å². The van der Waals surface area contributed by atoms with Crippen LogP contribution in [0.4, 0.5) is 5.69 Å². The van der Waals surface area contributed by atoms with E-state index in [1.165, 1.54) is 12.1 Å². The summed E-state index contributed by atoms with van der Waals surface area (Å²) in [6, 6.07) is 10.7. The lowest BCUT2D eigenvalue weighted by Gasteiger charge is -2.36. The summed E-state index contributed by atoms with van der Waals surface area (Å²) in [6.45, 7) is 13.4. The van der Waals surface area contributed by atoms with Crippen LogP contribution in [0.25, 0.3) is 0 Å². The zero-order chi connectivity index (χ0) is 22.1. The lowest BCUT2D eigenvalue weighted by molar-refractivity contribution is 0.253. The second-order valence-corrected chi connectivity index (χ2v) is 9.09. The molecule has 0 radical (unpaired) electrons. The van der Waals surface area contributed by atoms with Crippen molar-refractivity contribution in [3.63, 3.8) is 0 Å². The van der Waals surface area contributed by atoms with Crippen LogP contribution >= 0.6 is 24.0 Å². The number of halogens is 1. The smallest absolute Gasteiger partial charge is 0.213 e. The molecule has 7 nitrogen and oxygen atoms in total. The molecule has 0 atom stereocenters. The topological polar surface area (TPSA) is 68.9 Å². The summed E-state index contributed by atoms with van der Waals surface area (Å²) < 4.78 is 5.82. The molecule has 3 rings (SSSR count). The van der Waals surface area contributed by atoms with Crippen LogP contribution < -0.4 is 15.5 Å². The quantitative estimate of drug-likeness (QED) is 0.224. The van der Waals surface area contributed by atoms with Gasteiger partial charge >= 0.3 is 0 Å². The molecule has 1 fully saturated rings. The molecule has 0 saturated carbocycles. The Bertz CT molecular complexity index is 809. The van der Waals surface area contributed by atoms with Gasteiger partial charge < -0.3 is 20.0 Å². The van der Waals surface area contributed by atoms with Gasteiger partial charge in [-0.1, -0.05) is 39.0 Å². The molecule has 1 aliphatic rings. The summed E-state index contributed by atoms with van der Waals surface area (Å²) in [5.41, 5.74) is 1.31. The van der Waals surface area contributed by atoms with Gasteiger partial charge in [-0.25, -0.2) is 4.98 Å². The normalized spacial score (nSPS) is 15.4. The Morgan fingerprint density at radius 1 is 1.06 bits per heavy atom. The molecule has 178 valence electrons. The molecule has 8 heteroatoms. The Balaban J connectivity index is 0.00000363. The first kappa shape index (κ1) is 26.4. The predicted molar refractivity (Wildman–Crippen MR) is 143 cm³/mol. The van der Waals surface area contributed by atoms with Gasteiger partial charge in [-0.05, 0) is 31.5 Å². The third-order valence-corrected chi connectivity index (χ3v) is 5.61. The number of oxazole rings is 1. The molecular formula is C24H39IN6O. The highest BCUT2D eigenvalue weighted by molar-refractivity contribution is 14.0. The molecule has 0 unspecified atom stereocenters. The van der Waals surface area contributed by atoms with Crippen molar-refractivity contribution in [3.8, 4) is 0 Å². The zero-order valence-electron chi connectivity index (χ0n) is 19.9. The molecule has 2 N–H and O–H groups in total.